The third kappa shape index (κ3) is 4.17. The largest absolute Gasteiger partial charge is 0.481 e. The molecule has 116 valence electrons. The molecule has 0 saturated carbocycles. The van der Waals surface area contributed by atoms with E-state index in [2.05, 4.69) is 0 Å². The summed E-state index contributed by atoms with van der Waals surface area (Å²) in [6.45, 7) is 3.87. The average molecular weight is 314 g/mol. The summed E-state index contributed by atoms with van der Waals surface area (Å²) < 4.78 is 0. The Morgan fingerprint density at radius 3 is 2.52 bits per heavy atom. The number of hydrogen-bond acceptors (Lipinski definition) is 3. The molecule has 5 nitrogen and oxygen atoms in total. The molecule has 1 unspecified atom stereocenters. The van der Waals surface area contributed by atoms with Crippen LogP contribution in [0.25, 0.3) is 0 Å². The molecule has 1 atom stereocenters. The normalized spacial score (nSPS) is 13.7. The van der Waals surface area contributed by atoms with Gasteiger partial charge in [0.1, 0.15) is 0 Å². The number of carbonyl (C=O) groups is 1. The second-order valence-electron chi connectivity index (χ2n) is 5.25. The number of nitrogens with zero attached hydrogens (tertiary/aromatic N) is 1. The van der Waals surface area contributed by atoms with Crippen molar-refractivity contribution in [1.29, 1.82) is 0 Å². The van der Waals surface area contributed by atoms with Gasteiger partial charge in [0, 0.05) is 12.1 Å². The predicted molar refractivity (Wildman–Crippen MR) is 81.7 cm³/mol. The van der Waals surface area contributed by atoms with E-state index in [-0.39, 0.29) is 17.1 Å². The van der Waals surface area contributed by atoms with Crippen LogP contribution in [-0.2, 0) is 11.2 Å². The number of unbranched alkanes of at least 4 members (excludes halogenated alkanes) is 1. The summed E-state index contributed by atoms with van der Waals surface area (Å²) in [5.41, 5.74) is -0.312. The molecule has 1 aromatic rings. The van der Waals surface area contributed by atoms with Crippen molar-refractivity contribution in [3.05, 3.63) is 38.9 Å². The zero-order chi connectivity index (χ0) is 16.0. The van der Waals surface area contributed by atoms with E-state index in [4.69, 9.17) is 11.6 Å². The molecule has 0 fully saturated rings. The fraction of sp³-hybridized carbons (Fsp3) is 0.533. The van der Waals surface area contributed by atoms with Gasteiger partial charge in [-0.25, -0.2) is 0 Å². The molecule has 21 heavy (non-hydrogen) atoms. The first-order valence-corrected chi connectivity index (χ1v) is 7.40. The molecule has 1 rings (SSSR count). The Kier molecular flexibility index (Phi) is 6.15. The van der Waals surface area contributed by atoms with Crippen LogP contribution >= 0.6 is 11.6 Å². The third-order valence-corrected chi connectivity index (χ3v) is 4.27. The number of non-ortho nitro benzene ring substituents is 1. The Morgan fingerprint density at radius 2 is 2.10 bits per heavy atom. The van der Waals surface area contributed by atoms with Crippen LogP contribution in [0.4, 0.5) is 5.69 Å². The van der Waals surface area contributed by atoms with Crippen molar-refractivity contribution < 1.29 is 14.8 Å². The molecule has 0 bridgehead atoms. The lowest BCUT2D eigenvalue weighted by Crippen LogP contribution is -2.33. The Morgan fingerprint density at radius 1 is 1.43 bits per heavy atom. The van der Waals surface area contributed by atoms with Gasteiger partial charge in [0.05, 0.1) is 15.4 Å². The summed E-state index contributed by atoms with van der Waals surface area (Å²) in [6.07, 6.45) is 3.10. The van der Waals surface area contributed by atoms with Crippen LogP contribution in [0.1, 0.15) is 45.1 Å². The number of rotatable bonds is 8. The highest BCUT2D eigenvalue weighted by Gasteiger charge is 2.36. The van der Waals surface area contributed by atoms with Crippen molar-refractivity contribution in [2.75, 3.05) is 0 Å². The van der Waals surface area contributed by atoms with Gasteiger partial charge in [0.2, 0.25) is 0 Å². The highest BCUT2D eigenvalue weighted by Crippen LogP contribution is 2.36. The predicted octanol–water partition coefficient (Wildman–Crippen LogP) is 4.46. The smallest absolute Gasteiger partial charge is 0.309 e. The minimum Gasteiger partial charge on any atom is -0.481 e. The fourth-order valence-corrected chi connectivity index (χ4v) is 2.64. The van der Waals surface area contributed by atoms with Gasteiger partial charge >= 0.3 is 5.97 Å². The number of nitro groups is 1. The first kappa shape index (κ1) is 17.4. The summed E-state index contributed by atoms with van der Waals surface area (Å²) in [5, 5.41) is 20.6. The van der Waals surface area contributed by atoms with E-state index >= 15 is 0 Å². The Bertz CT molecular complexity index is 532. The monoisotopic (exact) mass is 313 g/mol. The molecule has 0 spiro atoms. The Hall–Kier alpha value is -1.62. The summed E-state index contributed by atoms with van der Waals surface area (Å²) in [5.74, 6) is -0.840. The van der Waals surface area contributed by atoms with Crippen LogP contribution in [0.15, 0.2) is 18.2 Å². The molecule has 0 aromatic heterocycles. The first-order chi connectivity index (χ1) is 9.86. The van der Waals surface area contributed by atoms with Gasteiger partial charge in [-0.1, -0.05) is 44.4 Å². The molecular formula is C15H20ClNO4. The van der Waals surface area contributed by atoms with Crippen LogP contribution in [0.3, 0.4) is 0 Å². The second-order valence-corrected chi connectivity index (χ2v) is 5.66. The second kappa shape index (κ2) is 7.41. The maximum absolute atomic E-state index is 11.7. The Labute approximate surface area is 129 Å². The van der Waals surface area contributed by atoms with Crippen LogP contribution in [0, 0.1) is 15.5 Å². The van der Waals surface area contributed by atoms with Crippen LogP contribution in [0.5, 0.6) is 0 Å². The number of benzene rings is 1. The summed E-state index contributed by atoms with van der Waals surface area (Å²) in [7, 11) is 0. The van der Waals surface area contributed by atoms with Crippen molar-refractivity contribution in [2.24, 2.45) is 5.41 Å². The Balaban J connectivity index is 3.08. The molecule has 0 saturated heterocycles. The van der Waals surface area contributed by atoms with E-state index in [1.54, 1.807) is 6.07 Å². The molecule has 0 amide bonds. The van der Waals surface area contributed by atoms with Crippen molar-refractivity contribution in [2.45, 2.75) is 46.0 Å². The molecular weight excluding hydrogens is 294 g/mol. The molecule has 0 radical (unpaired) electrons. The van der Waals surface area contributed by atoms with E-state index in [1.165, 1.54) is 12.1 Å². The zero-order valence-electron chi connectivity index (χ0n) is 12.3. The molecule has 1 aromatic carbocycles. The van der Waals surface area contributed by atoms with Crippen LogP contribution < -0.4 is 0 Å². The van der Waals surface area contributed by atoms with E-state index in [9.17, 15) is 20.0 Å². The lowest BCUT2D eigenvalue weighted by Gasteiger charge is -2.28. The molecule has 6 heteroatoms. The van der Waals surface area contributed by atoms with Crippen molar-refractivity contribution in [3.63, 3.8) is 0 Å². The van der Waals surface area contributed by atoms with Gasteiger partial charge in [-0.3, -0.25) is 14.9 Å². The van der Waals surface area contributed by atoms with E-state index in [0.29, 0.717) is 18.4 Å². The molecule has 0 heterocycles. The quantitative estimate of drug-likeness (QED) is 0.567. The SMILES string of the molecule is CCCCC(CC)(Cc1ccc([N+](=O)[O-])cc1Cl)C(=O)O. The standard InChI is InChI=1S/C15H20ClNO4/c1-3-5-8-15(4-2,14(18)19)10-11-6-7-12(17(20)21)9-13(11)16/h6-7,9H,3-5,8,10H2,1-2H3,(H,18,19). The van der Waals surface area contributed by atoms with Crippen molar-refractivity contribution >= 4 is 23.3 Å². The molecule has 0 aliphatic carbocycles. The van der Waals surface area contributed by atoms with E-state index in [1.807, 2.05) is 13.8 Å². The van der Waals surface area contributed by atoms with Gasteiger partial charge in [-0.05, 0) is 24.8 Å². The van der Waals surface area contributed by atoms with E-state index in [0.717, 1.165) is 12.8 Å². The number of halogens is 1. The molecule has 0 aliphatic heterocycles. The minimum absolute atomic E-state index is 0.0882. The van der Waals surface area contributed by atoms with Crippen molar-refractivity contribution in [1.82, 2.24) is 0 Å². The third-order valence-electron chi connectivity index (χ3n) is 3.92. The van der Waals surface area contributed by atoms with Gasteiger partial charge in [-0.2, -0.15) is 0 Å². The highest BCUT2D eigenvalue weighted by molar-refractivity contribution is 6.31. The number of hydrogen-bond donors (Lipinski definition) is 1. The lowest BCUT2D eigenvalue weighted by atomic mass is 9.75. The highest BCUT2D eigenvalue weighted by atomic mass is 35.5. The number of nitro benzene ring substituents is 1. The van der Waals surface area contributed by atoms with Gasteiger partial charge < -0.3 is 5.11 Å². The maximum Gasteiger partial charge on any atom is 0.309 e. The van der Waals surface area contributed by atoms with Crippen LogP contribution in [0.2, 0.25) is 5.02 Å². The van der Waals surface area contributed by atoms with Crippen molar-refractivity contribution in [3.8, 4) is 0 Å². The number of carboxylic acid groups (broad SMARTS) is 1. The minimum atomic E-state index is -0.865. The summed E-state index contributed by atoms with van der Waals surface area (Å²) in [6, 6.07) is 4.20. The first-order valence-electron chi connectivity index (χ1n) is 7.02. The van der Waals surface area contributed by atoms with Gasteiger partial charge in [0.25, 0.3) is 5.69 Å². The number of carboxylic acids is 1. The fourth-order valence-electron chi connectivity index (χ4n) is 2.40. The van der Waals surface area contributed by atoms with E-state index < -0.39 is 16.3 Å². The summed E-state index contributed by atoms with van der Waals surface area (Å²) in [4.78, 5) is 21.9. The van der Waals surface area contributed by atoms with Gasteiger partial charge in [0.15, 0.2) is 0 Å². The van der Waals surface area contributed by atoms with Gasteiger partial charge in [-0.15, -0.1) is 0 Å². The van der Waals surface area contributed by atoms with Crippen LogP contribution in [-0.4, -0.2) is 16.0 Å². The number of aliphatic carboxylic acids is 1. The topological polar surface area (TPSA) is 80.4 Å². The maximum atomic E-state index is 11.7. The molecule has 0 aliphatic rings. The zero-order valence-corrected chi connectivity index (χ0v) is 13.0. The lowest BCUT2D eigenvalue weighted by molar-refractivity contribution is -0.384. The average Bonchev–Trinajstić information content (AvgIpc) is 2.44. The summed E-state index contributed by atoms with van der Waals surface area (Å²) >= 11 is 6.08. The molecule has 1 N–H and O–H groups in total.